The van der Waals surface area contributed by atoms with Gasteiger partial charge in [0.25, 0.3) is 5.91 Å². The number of likely N-dealkylation sites (N-methyl/N-ethyl adjacent to an activating group) is 1. The Morgan fingerprint density at radius 3 is 2.41 bits per heavy atom. The minimum absolute atomic E-state index is 0.148. The normalized spacial score (nSPS) is 10.8. The Labute approximate surface area is 180 Å². The second-order valence-corrected chi connectivity index (χ2v) is 6.88. The molecule has 0 aliphatic carbocycles. The molecule has 6 nitrogen and oxygen atoms in total. The average molecular weight is 432 g/mol. The summed E-state index contributed by atoms with van der Waals surface area (Å²) < 4.78 is 5.02. The number of benzene rings is 2. The number of anilines is 1. The zero-order valence-electron chi connectivity index (χ0n) is 16.1. The van der Waals surface area contributed by atoms with Crippen LogP contribution < -0.4 is 10.6 Å². The highest BCUT2D eigenvalue weighted by Gasteiger charge is 2.23. The van der Waals surface area contributed by atoms with Crippen LogP contribution in [0.4, 0.5) is 5.69 Å². The van der Waals surface area contributed by atoms with Gasteiger partial charge in [-0.05, 0) is 49.0 Å². The number of esters is 1. The van der Waals surface area contributed by atoms with Gasteiger partial charge in [-0.1, -0.05) is 41.9 Å². The molecule has 0 bridgehead atoms. The largest absolute Gasteiger partial charge is 0.462 e. The summed E-state index contributed by atoms with van der Waals surface area (Å²) in [7, 11) is 1.62. The van der Waals surface area contributed by atoms with Gasteiger partial charge in [0.05, 0.1) is 6.61 Å². The molecule has 0 aliphatic heterocycles. The Hall–Kier alpha value is -2.90. The number of hydrogen-bond donors (Lipinski definition) is 2. The quantitative estimate of drug-likeness (QED) is 0.229. The fraction of sp³-hybridized carbons (Fsp3) is 0.190. The van der Waals surface area contributed by atoms with Gasteiger partial charge >= 0.3 is 5.97 Å². The van der Waals surface area contributed by atoms with E-state index in [1.807, 2.05) is 30.3 Å². The van der Waals surface area contributed by atoms with Crippen LogP contribution in [0.1, 0.15) is 12.5 Å². The van der Waals surface area contributed by atoms with Gasteiger partial charge in [-0.3, -0.25) is 4.79 Å². The summed E-state index contributed by atoms with van der Waals surface area (Å²) in [6.07, 6.45) is 1.26. The molecular weight excluding hydrogens is 410 g/mol. The van der Waals surface area contributed by atoms with Gasteiger partial charge in [-0.15, -0.1) is 0 Å². The average Bonchev–Trinajstić information content (AvgIpc) is 2.70. The van der Waals surface area contributed by atoms with Gasteiger partial charge < -0.3 is 20.3 Å². The van der Waals surface area contributed by atoms with E-state index in [1.54, 1.807) is 38.2 Å². The molecule has 2 N–H and O–H groups in total. The lowest BCUT2D eigenvalue weighted by atomic mass is 10.2. The number of ether oxygens (including phenoxy) is 1. The molecule has 1 amide bonds. The van der Waals surface area contributed by atoms with Crippen LogP contribution in [0, 0.1) is 0 Å². The summed E-state index contributed by atoms with van der Waals surface area (Å²) in [5.41, 5.74) is 1.51. The summed E-state index contributed by atoms with van der Waals surface area (Å²) in [6, 6.07) is 16.4. The molecule has 0 saturated carbocycles. The monoisotopic (exact) mass is 431 g/mol. The maximum Gasteiger partial charge on any atom is 0.345 e. The van der Waals surface area contributed by atoms with Crippen molar-refractivity contribution in [3.05, 3.63) is 77.0 Å². The van der Waals surface area contributed by atoms with Gasteiger partial charge in [0.1, 0.15) is 5.57 Å². The molecule has 0 unspecified atom stereocenters. The van der Waals surface area contributed by atoms with Crippen molar-refractivity contribution in [2.75, 3.05) is 19.0 Å². The third-order valence-electron chi connectivity index (χ3n) is 3.78. The SMILES string of the molecule is CCOC(=O)C(=CNC(=S)Nc1ccc(Cl)cc1)C(=O)N(C)Cc1ccccc1. The lowest BCUT2D eigenvalue weighted by Gasteiger charge is -2.19. The molecule has 0 heterocycles. The van der Waals surface area contributed by atoms with E-state index < -0.39 is 11.9 Å². The van der Waals surface area contributed by atoms with Crippen LogP contribution in [0.25, 0.3) is 0 Å². The fourth-order valence-corrected chi connectivity index (χ4v) is 2.69. The highest BCUT2D eigenvalue weighted by molar-refractivity contribution is 7.80. The van der Waals surface area contributed by atoms with E-state index >= 15 is 0 Å². The standard InChI is InChI=1S/C21H22ClN3O3S/c1-3-28-20(27)18(19(26)25(2)14-15-7-5-4-6-8-15)13-23-21(29)24-17-11-9-16(22)10-12-17/h4-13H,3,14H2,1-2H3,(H2,23,24,29). The van der Waals surface area contributed by atoms with Gasteiger partial charge in [0.15, 0.2) is 5.11 Å². The molecule has 152 valence electrons. The minimum atomic E-state index is -0.723. The number of nitrogens with one attached hydrogen (secondary N) is 2. The molecule has 0 aromatic heterocycles. The Kier molecular flexibility index (Phi) is 8.64. The highest BCUT2D eigenvalue weighted by atomic mass is 35.5. The first-order valence-electron chi connectivity index (χ1n) is 8.90. The Bertz CT molecular complexity index is 886. The number of halogens is 1. The van der Waals surface area contributed by atoms with E-state index in [4.69, 9.17) is 28.6 Å². The fourth-order valence-electron chi connectivity index (χ4n) is 2.39. The van der Waals surface area contributed by atoms with E-state index in [0.29, 0.717) is 17.3 Å². The summed E-state index contributed by atoms with van der Waals surface area (Å²) in [6.45, 7) is 2.18. The molecule has 0 fully saturated rings. The van der Waals surface area contributed by atoms with Crippen LogP contribution in [0.15, 0.2) is 66.4 Å². The smallest absolute Gasteiger partial charge is 0.345 e. The van der Waals surface area contributed by atoms with Crippen LogP contribution in [0.2, 0.25) is 5.02 Å². The van der Waals surface area contributed by atoms with Gasteiger partial charge in [0.2, 0.25) is 0 Å². The van der Waals surface area contributed by atoms with Crippen molar-refractivity contribution in [1.29, 1.82) is 0 Å². The van der Waals surface area contributed by atoms with Crippen molar-refractivity contribution in [3.63, 3.8) is 0 Å². The van der Waals surface area contributed by atoms with E-state index in [-0.39, 0.29) is 17.3 Å². The number of hydrogen-bond acceptors (Lipinski definition) is 4. The van der Waals surface area contributed by atoms with Gasteiger partial charge in [-0.25, -0.2) is 4.79 Å². The summed E-state index contributed by atoms with van der Waals surface area (Å²) in [5.74, 6) is -1.20. The van der Waals surface area contributed by atoms with Crippen LogP contribution in [0.3, 0.4) is 0 Å². The lowest BCUT2D eigenvalue weighted by molar-refractivity contribution is -0.142. The second-order valence-electron chi connectivity index (χ2n) is 6.03. The zero-order chi connectivity index (χ0) is 21.2. The molecule has 2 aromatic carbocycles. The molecule has 0 spiro atoms. The van der Waals surface area contributed by atoms with Crippen molar-refractivity contribution in [1.82, 2.24) is 10.2 Å². The summed E-state index contributed by atoms with van der Waals surface area (Å²) in [4.78, 5) is 26.5. The summed E-state index contributed by atoms with van der Waals surface area (Å²) >= 11 is 11.1. The molecular formula is C21H22ClN3O3S. The number of thiocarbonyl (C=S) groups is 1. The molecule has 0 saturated heterocycles. The van der Waals surface area contributed by atoms with Gasteiger partial charge in [-0.2, -0.15) is 0 Å². The molecule has 2 aromatic rings. The molecule has 0 aliphatic rings. The van der Waals surface area contributed by atoms with E-state index in [9.17, 15) is 9.59 Å². The van der Waals surface area contributed by atoms with Crippen LogP contribution in [-0.4, -0.2) is 35.5 Å². The third-order valence-corrected chi connectivity index (χ3v) is 4.26. The van der Waals surface area contributed by atoms with Crippen LogP contribution in [0.5, 0.6) is 0 Å². The van der Waals surface area contributed by atoms with Crippen LogP contribution >= 0.6 is 23.8 Å². The number of rotatable bonds is 7. The van der Waals surface area contributed by atoms with E-state index in [1.165, 1.54) is 11.1 Å². The lowest BCUT2D eigenvalue weighted by Crippen LogP contribution is -2.33. The maximum atomic E-state index is 12.8. The van der Waals surface area contributed by atoms with Gasteiger partial charge in [0, 0.05) is 30.5 Å². The predicted octanol–water partition coefficient (Wildman–Crippen LogP) is 3.73. The molecule has 0 radical (unpaired) electrons. The van der Waals surface area contributed by atoms with Crippen molar-refractivity contribution in [2.24, 2.45) is 0 Å². The molecule has 0 atom stereocenters. The maximum absolute atomic E-state index is 12.8. The number of nitrogens with zero attached hydrogens (tertiary/aromatic N) is 1. The van der Waals surface area contributed by atoms with Crippen LogP contribution in [-0.2, 0) is 20.9 Å². The Morgan fingerprint density at radius 2 is 1.79 bits per heavy atom. The molecule has 29 heavy (non-hydrogen) atoms. The first kappa shape index (κ1) is 22.4. The first-order valence-corrected chi connectivity index (χ1v) is 9.69. The highest BCUT2D eigenvalue weighted by Crippen LogP contribution is 2.13. The number of amides is 1. The van der Waals surface area contributed by atoms with Crippen molar-refractivity contribution in [3.8, 4) is 0 Å². The zero-order valence-corrected chi connectivity index (χ0v) is 17.7. The number of carbonyl (C=O) groups excluding carboxylic acids is 2. The van der Waals surface area contributed by atoms with Crippen molar-refractivity contribution >= 4 is 46.5 Å². The van der Waals surface area contributed by atoms with Crippen molar-refractivity contribution < 1.29 is 14.3 Å². The summed E-state index contributed by atoms with van der Waals surface area (Å²) in [5, 5.41) is 6.52. The topological polar surface area (TPSA) is 70.7 Å². The molecule has 2 rings (SSSR count). The first-order chi connectivity index (χ1) is 13.9. The minimum Gasteiger partial charge on any atom is -0.462 e. The van der Waals surface area contributed by atoms with Crippen molar-refractivity contribution in [2.45, 2.75) is 13.5 Å². The second kappa shape index (κ2) is 11.2. The Morgan fingerprint density at radius 1 is 1.14 bits per heavy atom. The third kappa shape index (κ3) is 7.21. The van der Waals surface area contributed by atoms with E-state index in [0.717, 1.165) is 5.56 Å². The predicted molar refractivity (Wildman–Crippen MR) is 118 cm³/mol. The van der Waals surface area contributed by atoms with E-state index in [2.05, 4.69) is 10.6 Å². The Balaban J connectivity index is 2.09. The number of carbonyl (C=O) groups is 2. The molecule has 8 heteroatoms.